The second-order valence-electron chi connectivity index (χ2n) is 2.20. The Bertz CT molecular complexity index is 98.2. The molecule has 54 valence electrons. The molecule has 1 aliphatic rings. The third-order valence-electron chi connectivity index (χ3n) is 1.43. The molecule has 0 bridgehead atoms. The van der Waals surface area contributed by atoms with Crippen LogP contribution < -0.4 is 0 Å². The maximum atomic E-state index is 9.06. The Morgan fingerprint density at radius 1 is 1.67 bits per heavy atom. The number of hydrogen-bond donors (Lipinski definition) is 2. The molecule has 0 amide bonds. The summed E-state index contributed by atoms with van der Waals surface area (Å²) in [7, 11) is 2.46. The van der Waals surface area contributed by atoms with Gasteiger partial charge in [-0.3, -0.25) is 0 Å². The van der Waals surface area contributed by atoms with Gasteiger partial charge in [0.15, 0.2) is 0 Å². The first kappa shape index (κ1) is 7.42. The molecular formula is C5H11O3P. The Balaban J connectivity index is 2.38. The van der Waals surface area contributed by atoms with E-state index in [0.717, 1.165) is 0 Å². The molecule has 0 spiro atoms. The third-order valence-corrected chi connectivity index (χ3v) is 1.86. The quantitative estimate of drug-likeness (QED) is 0.487. The molecule has 0 radical (unpaired) electrons. The van der Waals surface area contributed by atoms with Gasteiger partial charge in [0.1, 0.15) is 6.10 Å². The van der Waals surface area contributed by atoms with Gasteiger partial charge in [-0.15, -0.1) is 9.24 Å². The highest BCUT2D eigenvalue weighted by atomic mass is 31.0. The lowest BCUT2D eigenvalue weighted by Crippen LogP contribution is -2.24. The van der Waals surface area contributed by atoms with Crippen molar-refractivity contribution in [2.45, 2.75) is 24.5 Å². The summed E-state index contributed by atoms with van der Waals surface area (Å²) in [5, 5.41) is 17.6. The summed E-state index contributed by atoms with van der Waals surface area (Å²) in [5.41, 5.74) is 0. The van der Waals surface area contributed by atoms with E-state index >= 15 is 0 Å². The summed E-state index contributed by atoms with van der Waals surface area (Å²) in [6.07, 6.45) is -0.249. The summed E-state index contributed by atoms with van der Waals surface area (Å²) in [6.45, 7) is -0.0912. The topological polar surface area (TPSA) is 49.7 Å². The lowest BCUT2D eigenvalue weighted by Gasteiger charge is -2.08. The number of rotatable bonds is 1. The minimum absolute atomic E-state index is 0.0112. The van der Waals surface area contributed by atoms with Crippen LogP contribution in [0.25, 0.3) is 0 Å². The smallest absolute Gasteiger partial charge is 0.107 e. The summed E-state index contributed by atoms with van der Waals surface area (Å²) in [4.78, 5) is 0. The molecule has 2 N–H and O–H groups in total. The van der Waals surface area contributed by atoms with E-state index in [9.17, 15) is 0 Å². The lowest BCUT2D eigenvalue weighted by atomic mass is 10.2. The Morgan fingerprint density at radius 2 is 2.33 bits per heavy atom. The van der Waals surface area contributed by atoms with Crippen LogP contribution in [0.4, 0.5) is 0 Å². The molecule has 1 fully saturated rings. The zero-order valence-corrected chi connectivity index (χ0v) is 6.18. The highest BCUT2D eigenvalue weighted by Crippen LogP contribution is 2.23. The minimum Gasteiger partial charge on any atom is -0.394 e. The van der Waals surface area contributed by atoms with Crippen molar-refractivity contribution >= 4 is 9.24 Å². The Morgan fingerprint density at radius 3 is 2.56 bits per heavy atom. The molecule has 0 aliphatic carbocycles. The number of aliphatic hydroxyl groups is 2. The van der Waals surface area contributed by atoms with Crippen LogP contribution in [0.5, 0.6) is 0 Å². The van der Waals surface area contributed by atoms with Crippen molar-refractivity contribution in [1.82, 2.24) is 0 Å². The van der Waals surface area contributed by atoms with E-state index in [-0.39, 0.29) is 18.6 Å². The lowest BCUT2D eigenvalue weighted by molar-refractivity contribution is -0.00271. The number of ether oxygens (including phenoxy) is 1. The van der Waals surface area contributed by atoms with Crippen molar-refractivity contribution in [3.05, 3.63) is 0 Å². The fourth-order valence-electron chi connectivity index (χ4n) is 0.925. The van der Waals surface area contributed by atoms with Crippen LogP contribution in [0, 0.1) is 0 Å². The normalized spacial score (nSPS) is 43.7. The SMILES string of the molecule is OC[C@H]1OC(P)C[C@@H]1O. The van der Waals surface area contributed by atoms with Crippen LogP contribution in [0.3, 0.4) is 0 Å². The van der Waals surface area contributed by atoms with Gasteiger partial charge in [0.2, 0.25) is 0 Å². The van der Waals surface area contributed by atoms with E-state index in [1.54, 1.807) is 0 Å². The molecule has 1 heterocycles. The van der Waals surface area contributed by atoms with Crippen LogP contribution in [0.15, 0.2) is 0 Å². The third kappa shape index (κ3) is 1.62. The standard InChI is InChI=1S/C5H11O3P/c6-2-4-3(7)1-5(9)8-4/h3-7H,1-2,9H2/t3-,4+,5?/m0/s1. The Kier molecular flexibility index (Phi) is 2.42. The van der Waals surface area contributed by atoms with Gasteiger partial charge in [0.25, 0.3) is 0 Å². The van der Waals surface area contributed by atoms with E-state index in [1.807, 2.05) is 0 Å². The predicted octanol–water partition coefficient (Wildman–Crippen LogP) is -0.670. The first-order valence-corrected chi connectivity index (χ1v) is 3.60. The summed E-state index contributed by atoms with van der Waals surface area (Å²) in [6, 6.07) is 0. The van der Waals surface area contributed by atoms with E-state index in [2.05, 4.69) is 9.24 Å². The second-order valence-corrected chi connectivity index (χ2v) is 2.94. The van der Waals surface area contributed by atoms with Gasteiger partial charge in [-0.1, -0.05) is 0 Å². The van der Waals surface area contributed by atoms with Gasteiger partial charge >= 0.3 is 0 Å². The molecule has 2 unspecified atom stereocenters. The van der Waals surface area contributed by atoms with Crippen LogP contribution in [0.2, 0.25) is 0 Å². The highest BCUT2D eigenvalue weighted by Gasteiger charge is 2.30. The average molecular weight is 150 g/mol. The van der Waals surface area contributed by atoms with Gasteiger partial charge in [0, 0.05) is 6.42 Å². The molecule has 0 aromatic carbocycles. The Hall–Kier alpha value is 0.310. The maximum absolute atomic E-state index is 9.06. The molecular weight excluding hydrogens is 139 g/mol. The molecule has 4 atom stereocenters. The largest absolute Gasteiger partial charge is 0.394 e. The summed E-state index contributed by atoms with van der Waals surface area (Å²) < 4.78 is 5.09. The maximum Gasteiger partial charge on any atom is 0.107 e. The average Bonchev–Trinajstić information content (AvgIpc) is 2.10. The van der Waals surface area contributed by atoms with Crippen molar-refractivity contribution < 1.29 is 14.9 Å². The van der Waals surface area contributed by atoms with Crippen LogP contribution in [-0.4, -0.2) is 34.9 Å². The zero-order chi connectivity index (χ0) is 6.85. The van der Waals surface area contributed by atoms with Crippen molar-refractivity contribution in [3.8, 4) is 0 Å². The molecule has 1 saturated heterocycles. The van der Waals surface area contributed by atoms with Crippen LogP contribution in [0.1, 0.15) is 6.42 Å². The van der Waals surface area contributed by atoms with Gasteiger partial charge in [-0.2, -0.15) is 0 Å². The molecule has 3 nitrogen and oxygen atoms in total. The molecule has 0 saturated carbocycles. The van der Waals surface area contributed by atoms with Gasteiger partial charge in [-0.25, -0.2) is 0 Å². The molecule has 4 heteroatoms. The van der Waals surface area contributed by atoms with E-state index in [1.165, 1.54) is 0 Å². The van der Waals surface area contributed by atoms with Crippen LogP contribution in [-0.2, 0) is 4.74 Å². The van der Waals surface area contributed by atoms with Gasteiger partial charge < -0.3 is 14.9 Å². The molecule has 1 aliphatic heterocycles. The predicted molar refractivity (Wildman–Crippen MR) is 36.1 cm³/mol. The Labute approximate surface area is 56.2 Å². The van der Waals surface area contributed by atoms with Gasteiger partial charge in [-0.05, 0) is 0 Å². The van der Waals surface area contributed by atoms with E-state index < -0.39 is 6.10 Å². The number of hydrogen-bond acceptors (Lipinski definition) is 3. The van der Waals surface area contributed by atoms with E-state index in [4.69, 9.17) is 14.9 Å². The molecule has 0 aromatic heterocycles. The first-order chi connectivity index (χ1) is 4.24. The zero-order valence-electron chi connectivity index (χ0n) is 5.03. The fourth-order valence-corrected chi connectivity index (χ4v) is 1.41. The van der Waals surface area contributed by atoms with Gasteiger partial charge in [0.05, 0.1) is 18.6 Å². The molecule has 1 rings (SSSR count). The van der Waals surface area contributed by atoms with Crippen molar-refractivity contribution in [2.75, 3.05) is 6.61 Å². The van der Waals surface area contributed by atoms with Crippen molar-refractivity contribution in [2.24, 2.45) is 0 Å². The monoisotopic (exact) mass is 150 g/mol. The number of aliphatic hydroxyl groups excluding tert-OH is 2. The fraction of sp³-hybridized carbons (Fsp3) is 1.00. The van der Waals surface area contributed by atoms with Crippen molar-refractivity contribution in [1.29, 1.82) is 0 Å². The van der Waals surface area contributed by atoms with E-state index in [0.29, 0.717) is 6.42 Å². The first-order valence-electron chi connectivity index (χ1n) is 2.94. The highest BCUT2D eigenvalue weighted by molar-refractivity contribution is 7.17. The minimum atomic E-state index is -0.488. The second kappa shape index (κ2) is 2.93. The summed E-state index contributed by atoms with van der Waals surface area (Å²) >= 11 is 0. The van der Waals surface area contributed by atoms with Crippen LogP contribution >= 0.6 is 9.24 Å². The summed E-state index contributed by atoms with van der Waals surface area (Å²) in [5.74, 6) is 0.0112. The molecule has 9 heavy (non-hydrogen) atoms. The van der Waals surface area contributed by atoms with Crippen molar-refractivity contribution in [3.63, 3.8) is 0 Å². The molecule has 0 aromatic rings.